The minimum Gasteiger partial charge on any atom is -0.399 e. The zero-order valence-corrected chi connectivity index (χ0v) is 13.2. The lowest BCUT2D eigenvalue weighted by Crippen LogP contribution is -2.33. The Balaban J connectivity index is 2.30. The van der Waals surface area contributed by atoms with Gasteiger partial charge in [0.2, 0.25) is 10.0 Å². The maximum Gasteiger partial charge on any atom is 0.243 e. The molecule has 2 N–H and O–H groups in total. The van der Waals surface area contributed by atoms with Crippen LogP contribution in [0.1, 0.15) is 20.3 Å². The van der Waals surface area contributed by atoms with Crippen LogP contribution < -0.4 is 5.73 Å². The van der Waals surface area contributed by atoms with Crippen LogP contribution in [-0.2, 0) is 10.0 Å². The van der Waals surface area contributed by atoms with E-state index in [9.17, 15) is 12.8 Å². The van der Waals surface area contributed by atoms with Crippen molar-refractivity contribution in [2.45, 2.75) is 29.9 Å². The number of thioether (sulfide) groups is 1. The maximum absolute atomic E-state index is 13.4. The summed E-state index contributed by atoms with van der Waals surface area (Å²) in [6, 6.07) is 3.44. The van der Waals surface area contributed by atoms with Crippen molar-refractivity contribution in [3.8, 4) is 0 Å². The van der Waals surface area contributed by atoms with E-state index in [4.69, 9.17) is 5.73 Å². The summed E-state index contributed by atoms with van der Waals surface area (Å²) in [5.41, 5.74) is 5.65. The highest BCUT2D eigenvalue weighted by molar-refractivity contribution is 8.00. The van der Waals surface area contributed by atoms with E-state index in [2.05, 4.69) is 13.8 Å². The third-order valence-electron chi connectivity index (χ3n) is 3.33. The summed E-state index contributed by atoms with van der Waals surface area (Å²) in [6.45, 7) is 5.09. The molecule has 1 fully saturated rings. The Hall–Kier alpha value is -0.790. The summed E-state index contributed by atoms with van der Waals surface area (Å²) in [5, 5.41) is 0. The number of hydrogen-bond donors (Lipinski definition) is 1. The predicted octanol–water partition coefficient (Wildman–Crippen LogP) is 2.31. The number of nitrogens with zero attached hydrogens (tertiary/aromatic N) is 1. The lowest BCUT2D eigenvalue weighted by Gasteiger charge is -2.22. The summed E-state index contributed by atoms with van der Waals surface area (Å²) in [5.74, 6) is 0.102. The van der Waals surface area contributed by atoms with Gasteiger partial charge in [-0.3, -0.25) is 0 Å². The molecule has 0 saturated carbocycles. The third-order valence-corrected chi connectivity index (χ3v) is 6.58. The lowest BCUT2D eigenvalue weighted by molar-refractivity contribution is 0.415. The molecule has 1 aliphatic rings. The van der Waals surface area contributed by atoms with Gasteiger partial charge < -0.3 is 5.73 Å². The molecular weight excluding hydrogens is 299 g/mol. The number of halogens is 1. The van der Waals surface area contributed by atoms with Crippen molar-refractivity contribution in [1.82, 2.24) is 4.31 Å². The topological polar surface area (TPSA) is 63.4 Å². The van der Waals surface area contributed by atoms with Gasteiger partial charge in [0, 0.05) is 29.3 Å². The Morgan fingerprint density at radius 3 is 2.65 bits per heavy atom. The quantitative estimate of drug-likeness (QED) is 0.850. The van der Waals surface area contributed by atoms with Crippen molar-refractivity contribution in [2.75, 3.05) is 24.6 Å². The molecule has 1 aliphatic heterocycles. The van der Waals surface area contributed by atoms with E-state index in [1.54, 1.807) is 11.8 Å². The molecule has 0 aliphatic carbocycles. The average Bonchev–Trinajstić information content (AvgIpc) is 2.49. The van der Waals surface area contributed by atoms with Gasteiger partial charge in [-0.05, 0) is 24.6 Å². The fourth-order valence-electron chi connectivity index (χ4n) is 2.12. The van der Waals surface area contributed by atoms with E-state index in [0.717, 1.165) is 24.3 Å². The first kappa shape index (κ1) is 15.6. The molecule has 2 rings (SSSR count). The van der Waals surface area contributed by atoms with Crippen molar-refractivity contribution in [1.29, 1.82) is 0 Å². The highest BCUT2D eigenvalue weighted by atomic mass is 32.2. The number of hydrogen-bond acceptors (Lipinski definition) is 4. The Kier molecular flexibility index (Phi) is 4.32. The molecule has 7 heteroatoms. The first-order valence-electron chi connectivity index (χ1n) is 6.41. The lowest BCUT2D eigenvalue weighted by atomic mass is 10.1. The molecule has 0 bridgehead atoms. The monoisotopic (exact) mass is 318 g/mol. The molecule has 0 radical (unpaired) electrons. The van der Waals surface area contributed by atoms with Gasteiger partial charge in [0.05, 0.1) is 4.90 Å². The van der Waals surface area contributed by atoms with Crippen molar-refractivity contribution >= 4 is 27.5 Å². The van der Waals surface area contributed by atoms with E-state index in [-0.39, 0.29) is 15.3 Å². The molecule has 0 unspecified atom stereocenters. The molecule has 20 heavy (non-hydrogen) atoms. The first-order chi connectivity index (χ1) is 9.21. The SMILES string of the molecule is CC1(C)CCN(S(=O)(=O)c2cc(N)cc(F)c2)CCS1. The van der Waals surface area contributed by atoms with Gasteiger partial charge in [0.25, 0.3) is 0 Å². The zero-order valence-electron chi connectivity index (χ0n) is 11.6. The molecule has 112 valence electrons. The van der Waals surface area contributed by atoms with Crippen molar-refractivity contribution in [3.05, 3.63) is 24.0 Å². The second kappa shape index (κ2) is 5.54. The third kappa shape index (κ3) is 3.45. The number of rotatable bonds is 2. The van der Waals surface area contributed by atoms with Crippen LogP contribution in [-0.4, -0.2) is 36.3 Å². The van der Waals surface area contributed by atoms with Gasteiger partial charge in [-0.1, -0.05) is 13.8 Å². The van der Waals surface area contributed by atoms with Crippen LogP contribution in [0.15, 0.2) is 23.1 Å². The second-order valence-corrected chi connectivity index (χ2v) is 9.22. The standard InChI is InChI=1S/C13H19FN2O2S2/c1-13(2)3-4-16(5-6-19-13)20(17,18)12-8-10(14)7-11(15)9-12/h7-9H,3-6,15H2,1-2H3. The maximum atomic E-state index is 13.4. The number of anilines is 1. The van der Waals surface area contributed by atoms with Gasteiger partial charge in [-0.25, -0.2) is 12.8 Å². The Morgan fingerprint density at radius 2 is 2.00 bits per heavy atom. The molecule has 4 nitrogen and oxygen atoms in total. The smallest absolute Gasteiger partial charge is 0.243 e. The molecule has 1 heterocycles. The minimum atomic E-state index is -3.68. The fraction of sp³-hybridized carbons (Fsp3) is 0.538. The number of nitrogens with two attached hydrogens (primary N) is 1. The fourth-order valence-corrected chi connectivity index (χ4v) is 4.85. The van der Waals surface area contributed by atoms with E-state index < -0.39 is 15.8 Å². The molecule has 1 aromatic rings. The van der Waals surface area contributed by atoms with E-state index in [0.29, 0.717) is 13.1 Å². The molecule has 1 aromatic carbocycles. The van der Waals surface area contributed by atoms with Crippen LogP contribution in [0.25, 0.3) is 0 Å². The van der Waals surface area contributed by atoms with Gasteiger partial charge >= 0.3 is 0 Å². The zero-order chi connectivity index (χ0) is 15.0. The van der Waals surface area contributed by atoms with Crippen LogP contribution in [0.5, 0.6) is 0 Å². The Bertz CT molecular complexity index is 582. The van der Waals surface area contributed by atoms with E-state index in [1.165, 1.54) is 10.4 Å². The minimum absolute atomic E-state index is 0.0607. The van der Waals surface area contributed by atoms with Crippen LogP contribution in [0.4, 0.5) is 10.1 Å². The van der Waals surface area contributed by atoms with Crippen molar-refractivity contribution in [2.24, 2.45) is 0 Å². The number of nitrogen functional groups attached to an aromatic ring is 1. The van der Waals surface area contributed by atoms with Crippen LogP contribution >= 0.6 is 11.8 Å². The van der Waals surface area contributed by atoms with Crippen molar-refractivity contribution in [3.63, 3.8) is 0 Å². The van der Waals surface area contributed by atoms with Crippen molar-refractivity contribution < 1.29 is 12.8 Å². The van der Waals surface area contributed by atoms with Gasteiger partial charge in [-0.15, -0.1) is 0 Å². The van der Waals surface area contributed by atoms with E-state index >= 15 is 0 Å². The van der Waals surface area contributed by atoms with Crippen LogP contribution in [0, 0.1) is 5.82 Å². The van der Waals surface area contributed by atoms with E-state index in [1.807, 2.05) is 0 Å². The van der Waals surface area contributed by atoms with Gasteiger partial charge in [0.1, 0.15) is 5.82 Å². The summed E-state index contributed by atoms with van der Waals surface area (Å²) < 4.78 is 39.9. The first-order valence-corrected chi connectivity index (χ1v) is 8.83. The molecule has 0 amide bonds. The van der Waals surface area contributed by atoms with Crippen LogP contribution in [0.2, 0.25) is 0 Å². The van der Waals surface area contributed by atoms with Crippen LogP contribution in [0.3, 0.4) is 0 Å². The summed E-state index contributed by atoms with van der Waals surface area (Å²) in [7, 11) is -3.68. The molecular formula is C13H19FN2O2S2. The normalized spacial score (nSPS) is 20.6. The Morgan fingerprint density at radius 1 is 1.30 bits per heavy atom. The second-order valence-electron chi connectivity index (χ2n) is 5.48. The van der Waals surface area contributed by atoms with Gasteiger partial charge in [-0.2, -0.15) is 16.1 Å². The summed E-state index contributed by atoms with van der Waals surface area (Å²) >= 11 is 1.76. The summed E-state index contributed by atoms with van der Waals surface area (Å²) in [4.78, 5) is -0.0697. The molecule has 1 saturated heterocycles. The highest BCUT2D eigenvalue weighted by Crippen LogP contribution is 2.32. The average molecular weight is 318 g/mol. The number of sulfonamides is 1. The largest absolute Gasteiger partial charge is 0.399 e. The molecule has 0 atom stereocenters. The molecule has 0 aromatic heterocycles. The predicted molar refractivity (Wildman–Crippen MR) is 80.7 cm³/mol. The Labute approximate surface area is 123 Å². The molecule has 0 spiro atoms. The van der Waals surface area contributed by atoms with Gasteiger partial charge in [0.15, 0.2) is 0 Å². The highest BCUT2D eigenvalue weighted by Gasteiger charge is 2.31. The number of benzene rings is 1. The summed E-state index contributed by atoms with van der Waals surface area (Å²) in [6.07, 6.45) is 0.766.